The summed E-state index contributed by atoms with van der Waals surface area (Å²) < 4.78 is 20.5. The molecule has 0 bridgehead atoms. The number of hydrogen-bond donors (Lipinski definition) is 0. The highest BCUT2D eigenvalue weighted by Crippen LogP contribution is 2.33. The number of amides is 1. The predicted molar refractivity (Wildman–Crippen MR) is 124 cm³/mol. The minimum Gasteiger partial charge on any atom is -0.481 e. The molecule has 0 spiro atoms. The summed E-state index contributed by atoms with van der Waals surface area (Å²) in [6.07, 6.45) is 7.24. The molecule has 9 heteroatoms. The molecule has 1 aliphatic heterocycles. The maximum Gasteiger partial charge on any atom is 0.274 e. The van der Waals surface area contributed by atoms with E-state index >= 15 is 0 Å². The van der Waals surface area contributed by atoms with Gasteiger partial charge in [-0.2, -0.15) is 0 Å². The molecule has 1 saturated heterocycles. The van der Waals surface area contributed by atoms with Crippen LogP contribution in [0.25, 0.3) is 16.1 Å². The summed E-state index contributed by atoms with van der Waals surface area (Å²) >= 11 is 1.46. The Labute approximate surface area is 194 Å². The van der Waals surface area contributed by atoms with Crippen molar-refractivity contribution in [3.8, 4) is 16.3 Å². The van der Waals surface area contributed by atoms with Crippen LogP contribution in [0.5, 0.6) is 5.88 Å². The summed E-state index contributed by atoms with van der Waals surface area (Å²) in [7, 11) is 1.58. The van der Waals surface area contributed by atoms with Crippen LogP contribution in [0.1, 0.15) is 40.5 Å². The Bertz CT molecular complexity index is 1300. The van der Waals surface area contributed by atoms with Crippen LogP contribution >= 0.6 is 11.3 Å². The number of carbonyl (C=O) groups is 1. The van der Waals surface area contributed by atoms with E-state index in [1.54, 1.807) is 31.6 Å². The lowest BCUT2D eigenvalue weighted by Gasteiger charge is -2.35. The minimum absolute atomic E-state index is 0.0362. The molecule has 1 aliphatic rings. The van der Waals surface area contributed by atoms with Crippen LogP contribution in [-0.2, 0) is 6.42 Å². The van der Waals surface area contributed by atoms with Crippen molar-refractivity contribution in [3.05, 3.63) is 65.1 Å². The number of hydrogen-bond acceptors (Lipinski definition) is 6. The third-order valence-corrected chi connectivity index (χ3v) is 6.98. The second-order valence-electron chi connectivity index (χ2n) is 8.20. The maximum atomic E-state index is 13.7. The first kappa shape index (κ1) is 21.5. The van der Waals surface area contributed by atoms with E-state index in [0.29, 0.717) is 24.5 Å². The van der Waals surface area contributed by atoms with Gasteiger partial charge in [0.1, 0.15) is 23.5 Å². The van der Waals surface area contributed by atoms with E-state index in [1.807, 2.05) is 22.4 Å². The van der Waals surface area contributed by atoms with Crippen molar-refractivity contribution in [2.45, 2.75) is 38.6 Å². The number of piperidine rings is 1. The molecule has 1 aromatic carbocycles. The molecule has 1 amide bonds. The molecule has 3 aromatic heterocycles. The van der Waals surface area contributed by atoms with Crippen LogP contribution in [-0.4, -0.2) is 49.9 Å². The zero-order valence-electron chi connectivity index (χ0n) is 18.5. The molecule has 170 valence electrons. The lowest BCUT2D eigenvalue weighted by atomic mass is 9.97. The van der Waals surface area contributed by atoms with Gasteiger partial charge in [-0.1, -0.05) is 12.1 Å². The van der Waals surface area contributed by atoms with Crippen molar-refractivity contribution in [2.24, 2.45) is 0 Å². The van der Waals surface area contributed by atoms with Gasteiger partial charge in [0.25, 0.3) is 5.91 Å². The molecule has 0 saturated carbocycles. The van der Waals surface area contributed by atoms with Gasteiger partial charge < -0.3 is 9.64 Å². The van der Waals surface area contributed by atoms with Gasteiger partial charge in [0.2, 0.25) is 5.88 Å². The summed E-state index contributed by atoms with van der Waals surface area (Å²) in [5.41, 5.74) is 2.92. The van der Waals surface area contributed by atoms with Gasteiger partial charge >= 0.3 is 0 Å². The molecule has 7 nitrogen and oxygen atoms in total. The molecule has 0 N–H and O–H groups in total. The van der Waals surface area contributed by atoms with Gasteiger partial charge in [0, 0.05) is 31.3 Å². The van der Waals surface area contributed by atoms with Crippen LogP contribution in [0, 0.1) is 12.7 Å². The largest absolute Gasteiger partial charge is 0.481 e. The van der Waals surface area contributed by atoms with Crippen molar-refractivity contribution in [1.82, 2.24) is 24.3 Å². The first-order chi connectivity index (χ1) is 16.0. The van der Waals surface area contributed by atoms with Gasteiger partial charge in [-0.25, -0.2) is 19.3 Å². The third kappa shape index (κ3) is 4.32. The summed E-state index contributed by atoms with van der Waals surface area (Å²) in [4.78, 5) is 29.9. The number of aromatic nitrogens is 4. The molecule has 33 heavy (non-hydrogen) atoms. The van der Waals surface area contributed by atoms with E-state index in [9.17, 15) is 9.18 Å². The number of imidazole rings is 1. The number of carbonyl (C=O) groups excluding carboxylic acids is 1. The molecule has 1 fully saturated rings. The van der Waals surface area contributed by atoms with Crippen molar-refractivity contribution < 1.29 is 13.9 Å². The Balaban J connectivity index is 1.42. The first-order valence-corrected chi connectivity index (χ1v) is 11.8. The average molecular weight is 466 g/mol. The zero-order chi connectivity index (χ0) is 22.9. The van der Waals surface area contributed by atoms with Gasteiger partial charge in [0.15, 0.2) is 0 Å². The Morgan fingerprint density at radius 1 is 1.24 bits per heavy atom. The average Bonchev–Trinajstić information content (AvgIpc) is 3.41. The number of methoxy groups -OCH3 is 1. The van der Waals surface area contributed by atoms with Crippen molar-refractivity contribution >= 4 is 22.9 Å². The van der Waals surface area contributed by atoms with Gasteiger partial charge in [-0.15, -0.1) is 11.3 Å². The fraction of sp³-hybridized carbons (Fsp3) is 0.333. The van der Waals surface area contributed by atoms with E-state index in [4.69, 9.17) is 9.72 Å². The predicted octanol–water partition coefficient (Wildman–Crippen LogP) is 4.55. The topological polar surface area (TPSA) is 72.6 Å². The van der Waals surface area contributed by atoms with E-state index in [2.05, 4.69) is 9.97 Å². The molecule has 0 aliphatic carbocycles. The van der Waals surface area contributed by atoms with E-state index in [1.165, 1.54) is 23.5 Å². The summed E-state index contributed by atoms with van der Waals surface area (Å²) in [5, 5.41) is 0.813. The molecule has 4 heterocycles. The Morgan fingerprint density at radius 3 is 2.85 bits per heavy atom. The first-order valence-electron chi connectivity index (χ1n) is 10.9. The molecule has 5 rings (SSSR count). The monoisotopic (exact) mass is 465 g/mol. The molecule has 0 unspecified atom stereocenters. The molecule has 0 radical (unpaired) electrons. The quantitative estimate of drug-likeness (QED) is 0.433. The fourth-order valence-corrected chi connectivity index (χ4v) is 5.28. The standard InChI is InChI=1S/C24H24FN5O2S/c1-15-27-22(23(33-15)16-6-8-17(25)9-7-16)24(31)30-10-4-3-5-19(30)11-18-13-29-14-26-21(32-2)12-20(29)28-18/h6-9,12-14,19H,3-5,10-11H2,1-2H3/t19-/m0/s1. The molecular weight excluding hydrogens is 441 g/mol. The normalized spacial score (nSPS) is 16.3. The van der Waals surface area contributed by atoms with Crippen LogP contribution in [0.4, 0.5) is 4.39 Å². The summed E-state index contributed by atoms with van der Waals surface area (Å²) in [5.74, 6) is 0.140. The number of rotatable bonds is 5. The molecule has 4 aromatic rings. The number of nitrogens with zero attached hydrogens (tertiary/aromatic N) is 5. The zero-order valence-corrected chi connectivity index (χ0v) is 19.3. The van der Waals surface area contributed by atoms with E-state index in [-0.39, 0.29) is 17.8 Å². The number of ether oxygens (including phenoxy) is 1. The lowest BCUT2D eigenvalue weighted by Crippen LogP contribution is -2.45. The number of halogens is 1. The van der Waals surface area contributed by atoms with E-state index in [0.717, 1.165) is 46.1 Å². The van der Waals surface area contributed by atoms with Crippen LogP contribution in [0.3, 0.4) is 0 Å². The number of fused-ring (bicyclic) bond motifs is 1. The maximum absolute atomic E-state index is 13.7. The second-order valence-corrected chi connectivity index (χ2v) is 9.40. The number of likely N-dealkylation sites (tertiary alicyclic amines) is 1. The second kappa shape index (κ2) is 8.90. The van der Waals surface area contributed by atoms with Crippen LogP contribution in [0.15, 0.2) is 42.9 Å². The highest BCUT2D eigenvalue weighted by molar-refractivity contribution is 7.15. The van der Waals surface area contributed by atoms with Crippen LogP contribution in [0.2, 0.25) is 0 Å². The SMILES string of the molecule is COc1cc2nc(C[C@@H]3CCCCN3C(=O)c3nc(C)sc3-c3ccc(F)cc3)cn2cn1. The van der Waals surface area contributed by atoms with Crippen molar-refractivity contribution in [1.29, 1.82) is 0 Å². The number of benzene rings is 1. The highest BCUT2D eigenvalue weighted by atomic mass is 32.1. The summed E-state index contributed by atoms with van der Waals surface area (Å²) in [6, 6.07) is 8.05. The van der Waals surface area contributed by atoms with Crippen LogP contribution < -0.4 is 4.74 Å². The number of aryl methyl sites for hydroxylation is 1. The molecule has 1 atom stereocenters. The van der Waals surface area contributed by atoms with Gasteiger partial charge in [0.05, 0.1) is 22.7 Å². The summed E-state index contributed by atoms with van der Waals surface area (Å²) in [6.45, 7) is 2.58. The van der Waals surface area contributed by atoms with Crippen molar-refractivity contribution in [2.75, 3.05) is 13.7 Å². The lowest BCUT2D eigenvalue weighted by molar-refractivity contribution is 0.0608. The van der Waals surface area contributed by atoms with E-state index < -0.39 is 0 Å². The minimum atomic E-state index is -0.302. The number of thiazole rings is 1. The Morgan fingerprint density at radius 2 is 2.06 bits per heavy atom. The Hall–Kier alpha value is -3.33. The molecular formula is C24H24FN5O2S. The smallest absolute Gasteiger partial charge is 0.274 e. The van der Waals surface area contributed by atoms with Gasteiger partial charge in [-0.05, 0) is 43.9 Å². The van der Waals surface area contributed by atoms with Gasteiger partial charge in [-0.3, -0.25) is 9.20 Å². The third-order valence-electron chi connectivity index (χ3n) is 5.96. The van der Waals surface area contributed by atoms with Crippen molar-refractivity contribution in [3.63, 3.8) is 0 Å². The Kier molecular flexibility index (Phi) is 5.80. The fourth-order valence-electron chi connectivity index (χ4n) is 4.36. The highest BCUT2D eigenvalue weighted by Gasteiger charge is 2.31.